The van der Waals surface area contributed by atoms with Gasteiger partial charge in [0.25, 0.3) is 0 Å². The van der Waals surface area contributed by atoms with Crippen LogP contribution in [-0.2, 0) is 22.6 Å². The number of ether oxygens (including phenoxy) is 2. The van der Waals surface area contributed by atoms with Gasteiger partial charge >= 0.3 is 11.9 Å². The Labute approximate surface area is 152 Å². The smallest absolute Gasteiger partial charge is 0.342 e. The molecular weight excluding hydrogens is 336 g/mol. The van der Waals surface area contributed by atoms with Crippen LogP contribution in [0.1, 0.15) is 59.7 Å². The third-order valence-electron chi connectivity index (χ3n) is 5.88. The molecule has 1 aromatic rings. The van der Waals surface area contributed by atoms with Gasteiger partial charge in [-0.05, 0) is 38.7 Å². The Bertz CT molecular complexity index is 799. The Morgan fingerprint density at radius 3 is 2.58 bits per heavy atom. The first-order valence-corrected chi connectivity index (χ1v) is 8.82. The fourth-order valence-electron chi connectivity index (χ4n) is 4.23. The monoisotopic (exact) mass is 360 g/mol. The molecule has 0 radical (unpaired) electrons. The minimum absolute atomic E-state index is 0.126. The molecule has 1 saturated carbocycles. The number of phenolic OH excluding ortho intramolecular Hbond substituents is 1. The molecular formula is C20H24O6. The standard InChI is InChI=1S/C20H24O6/c1-11(20(19(23)24)8-4-5-9-20)6-7-13-16(21)15-14(10-26-18(15)22)12(2)17(13)25-3/h6,21H,4-5,7-10H2,1-3H3,(H,23,24)/b11-6+. The molecule has 6 nitrogen and oxygen atoms in total. The van der Waals surface area contributed by atoms with Gasteiger partial charge in [-0.15, -0.1) is 0 Å². The molecule has 6 heteroatoms. The lowest BCUT2D eigenvalue weighted by molar-refractivity contribution is -0.146. The number of carboxylic acids is 1. The lowest BCUT2D eigenvalue weighted by atomic mass is 9.78. The number of allylic oxidation sites excluding steroid dienone is 1. The number of methoxy groups -OCH3 is 1. The van der Waals surface area contributed by atoms with Crippen LogP contribution in [0.3, 0.4) is 0 Å². The van der Waals surface area contributed by atoms with Crippen molar-refractivity contribution in [2.24, 2.45) is 5.41 Å². The maximum Gasteiger partial charge on any atom is 0.342 e. The van der Waals surface area contributed by atoms with Crippen molar-refractivity contribution in [1.29, 1.82) is 0 Å². The summed E-state index contributed by atoms with van der Waals surface area (Å²) in [6, 6.07) is 0. The highest BCUT2D eigenvalue weighted by Gasteiger charge is 2.42. The molecule has 0 spiro atoms. The van der Waals surface area contributed by atoms with E-state index in [4.69, 9.17) is 9.47 Å². The molecule has 2 aliphatic rings. The van der Waals surface area contributed by atoms with Crippen molar-refractivity contribution in [1.82, 2.24) is 0 Å². The van der Waals surface area contributed by atoms with Crippen LogP contribution in [0.15, 0.2) is 11.6 Å². The van der Waals surface area contributed by atoms with Crippen LogP contribution < -0.4 is 4.74 Å². The van der Waals surface area contributed by atoms with Gasteiger partial charge in [-0.25, -0.2) is 4.79 Å². The molecule has 0 unspecified atom stereocenters. The maximum atomic E-state index is 12.0. The van der Waals surface area contributed by atoms with Gasteiger partial charge in [0.2, 0.25) is 0 Å². The van der Waals surface area contributed by atoms with E-state index in [-0.39, 0.29) is 24.3 Å². The minimum atomic E-state index is -0.826. The quantitative estimate of drug-likeness (QED) is 0.616. The molecule has 2 N–H and O–H groups in total. The number of hydrogen-bond acceptors (Lipinski definition) is 5. The summed E-state index contributed by atoms with van der Waals surface area (Å²) in [4.78, 5) is 23.8. The number of hydrogen-bond donors (Lipinski definition) is 2. The van der Waals surface area contributed by atoms with Crippen molar-refractivity contribution >= 4 is 11.9 Å². The number of carboxylic acid groups (broad SMARTS) is 1. The van der Waals surface area contributed by atoms with E-state index in [1.807, 2.05) is 19.9 Å². The summed E-state index contributed by atoms with van der Waals surface area (Å²) in [6.07, 6.45) is 5.18. The zero-order valence-electron chi connectivity index (χ0n) is 15.3. The van der Waals surface area contributed by atoms with Gasteiger partial charge in [-0.3, -0.25) is 4.79 Å². The summed E-state index contributed by atoms with van der Waals surface area (Å²) in [5, 5.41) is 20.4. The number of aliphatic carboxylic acids is 1. The average molecular weight is 360 g/mol. The zero-order valence-corrected chi connectivity index (χ0v) is 15.3. The van der Waals surface area contributed by atoms with Gasteiger partial charge in [-0.1, -0.05) is 24.5 Å². The van der Waals surface area contributed by atoms with Crippen molar-refractivity contribution in [2.45, 2.75) is 52.6 Å². The van der Waals surface area contributed by atoms with Gasteiger partial charge < -0.3 is 19.7 Å². The topological polar surface area (TPSA) is 93.1 Å². The number of carbonyl (C=O) groups is 2. The van der Waals surface area contributed by atoms with Gasteiger partial charge in [0, 0.05) is 11.1 Å². The fraction of sp³-hybridized carbons (Fsp3) is 0.500. The molecule has 0 saturated heterocycles. The molecule has 0 amide bonds. The molecule has 3 rings (SSSR count). The number of cyclic esters (lactones) is 1. The molecule has 1 aliphatic carbocycles. The first-order valence-electron chi connectivity index (χ1n) is 8.82. The Hall–Kier alpha value is -2.50. The van der Waals surface area contributed by atoms with E-state index in [1.165, 1.54) is 7.11 Å². The highest BCUT2D eigenvalue weighted by atomic mass is 16.5. The Balaban J connectivity index is 2.03. The number of aromatic hydroxyl groups is 1. The fourth-order valence-corrected chi connectivity index (χ4v) is 4.23. The second kappa shape index (κ2) is 6.67. The molecule has 1 fully saturated rings. The highest BCUT2D eigenvalue weighted by Crippen LogP contribution is 2.46. The van der Waals surface area contributed by atoms with Crippen LogP contribution in [0, 0.1) is 12.3 Å². The largest absolute Gasteiger partial charge is 0.507 e. The molecule has 1 aromatic carbocycles. The predicted octanol–water partition coefficient (Wildman–Crippen LogP) is 3.51. The minimum Gasteiger partial charge on any atom is -0.507 e. The summed E-state index contributed by atoms with van der Waals surface area (Å²) in [5.74, 6) is -0.958. The predicted molar refractivity (Wildman–Crippen MR) is 94.5 cm³/mol. The van der Waals surface area contributed by atoms with E-state index < -0.39 is 17.4 Å². The van der Waals surface area contributed by atoms with Crippen molar-refractivity contribution in [2.75, 3.05) is 7.11 Å². The molecule has 140 valence electrons. The van der Waals surface area contributed by atoms with Crippen LogP contribution in [0.25, 0.3) is 0 Å². The number of carbonyl (C=O) groups excluding carboxylic acids is 1. The van der Waals surface area contributed by atoms with Crippen molar-refractivity contribution in [3.8, 4) is 11.5 Å². The van der Waals surface area contributed by atoms with Crippen molar-refractivity contribution in [3.05, 3.63) is 33.9 Å². The summed E-state index contributed by atoms with van der Waals surface area (Å²) in [6.45, 7) is 3.79. The average Bonchev–Trinajstić information content (AvgIpc) is 3.24. The SMILES string of the molecule is COc1c(C)c2c(c(O)c1C/C=C(\C)C1(C(=O)O)CCCC1)C(=O)OC2. The molecule has 0 atom stereocenters. The zero-order chi connectivity index (χ0) is 19.1. The summed E-state index contributed by atoms with van der Waals surface area (Å²) in [7, 11) is 1.52. The van der Waals surface area contributed by atoms with E-state index in [2.05, 4.69) is 0 Å². The highest BCUT2D eigenvalue weighted by molar-refractivity contribution is 5.98. The van der Waals surface area contributed by atoms with Crippen LogP contribution in [-0.4, -0.2) is 29.3 Å². The van der Waals surface area contributed by atoms with Crippen LogP contribution >= 0.6 is 0 Å². The normalized spacial score (nSPS) is 18.6. The lowest BCUT2D eigenvalue weighted by Crippen LogP contribution is -2.29. The van der Waals surface area contributed by atoms with Gasteiger partial charge in [-0.2, -0.15) is 0 Å². The number of esters is 1. The summed E-state index contributed by atoms with van der Waals surface area (Å²) < 4.78 is 10.5. The number of rotatable bonds is 5. The van der Waals surface area contributed by atoms with Gasteiger partial charge in [0.15, 0.2) is 0 Å². The maximum absolute atomic E-state index is 12.0. The van der Waals surface area contributed by atoms with Crippen molar-refractivity contribution in [3.63, 3.8) is 0 Å². The molecule has 0 aromatic heterocycles. The number of phenols is 1. The second-order valence-corrected chi connectivity index (χ2v) is 7.10. The molecule has 26 heavy (non-hydrogen) atoms. The second-order valence-electron chi connectivity index (χ2n) is 7.10. The van der Waals surface area contributed by atoms with Crippen molar-refractivity contribution < 1.29 is 29.3 Å². The van der Waals surface area contributed by atoms with Gasteiger partial charge in [0.05, 0.1) is 12.5 Å². The van der Waals surface area contributed by atoms with Crippen LogP contribution in [0.4, 0.5) is 0 Å². The number of benzene rings is 1. The first-order chi connectivity index (χ1) is 12.3. The third kappa shape index (κ3) is 2.64. The van der Waals surface area contributed by atoms with E-state index >= 15 is 0 Å². The summed E-state index contributed by atoms with van der Waals surface area (Å²) in [5.41, 5.74) is 2.05. The molecule has 1 heterocycles. The lowest BCUT2D eigenvalue weighted by Gasteiger charge is -2.25. The van der Waals surface area contributed by atoms with E-state index in [1.54, 1.807) is 0 Å². The van der Waals surface area contributed by atoms with E-state index in [0.717, 1.165) is 24.0 Å². The van der Waals surface area contributed by atoms with E-state index in [0.29, 0.717) is 29.7 Å². The van der Waals surface area contributed by atoms with Crippen LogP contribution in [0.2, 0.25) is 0 Å². The Morgan fingerprint density at radius 1 is 1.35 bits per heavy atom. The molecule has 1 aliphatic heterocycles. The number of fused-ring (bicyclic) bond motifs is 1. The summed E-state index contributed by atoms with van der Waals surface area (Å²) >= 11 is 0. The first kappa shape index (κ1) is 18.3. The Morgan fingerprint density at radius 2 is 2.00 bits per heavy atom. The Kier molecular flexibility index (Phi) is 4.69. The third-order valence-corrected chi connectivity index (χ3v) is 5.88. The van der Waals surface area contributed by atoms with E-state index in [9.17, 15) is 19.8 Å². The molecule has 0 bridgehead atoms. The van der Waals surface area contributed by atoms with Crippen LogP contribution in [0.5, 0.6) is 11.5 Å². The van der Waals surface area contributed by atoms with Gasteiger partial charge in [0.1, 0.15) is 23.7 Å².